The number of fused-ring (bicyclic) bond motifs is 1. The number of para-hydroxylation sites is 1. The minimum absolute atomic E-state index is 0.194. The van der Waals surface area contributed by atoms with Crippen LogP contribution in [0.3, 0.4) is 0 Å². The number of aromatic nitrogens is 4. The molecule has 2 aromatic heterocycles. The van der Waals surface area contributed by atoms with Gasteiger partial charge in [-0.15, -0.1) is 0 Å². The molecule has 3 aromatic rings. The van der Waals surface area contributed by atoms with Gasteiger partial charge in [0.1, 0.15) is 29.8 Å². The van der Waals surface area contributed by atoms with Gasteiger partial charge in [-0.25, -0.2) is 15.0 Å². The zero-order valence-corrected chi connectivity index (χ0v) is 15.3. The van der Waals surface area contributed by atoms with Crippen LogP contribution < -0.4 is 10.5 Å². The number of benzene rings is 1. The maximum Gasteiger partial charge on any atom is 0.358 e. The molecular weight excluding hydrogens is 386 g/mol. The summed E-state index contributed by atoms with van der Waals surface area (Å²) in [6.07, 6.45) is -1.14. The standard InChI is InChI=1S/C17H17N5O5S/c18-14-11-15(20-7-19-14)22(8-21-11)16-13(12(24)10(6-23)26-16)27-17(28)25-9-4-2-1-3-5-9/h1-5,7-8,10,12-13,16,23-24H,6H2,(H2,18,19,20)/t10-,12-,13-,16-/m1/s1. The van der Waals surface area contributed by atoms with E-state index in [1.54, 1.807) is 28.8 Å². The van der Waals surface area contributed by atoms with E-state index in [1.165, 1.54) is 12.7 Å². The van der Waals surface area contributed by atoms with Crippen molar-refractivity contribution in [2.24, 2.45) is 0 Å². The van der Waals surface area contributed by atoms with Crippen LogP contribution in [-0.4, -0.2) is 59.9 Å². The van der Waals surface area contributed by atoms with Crippen LogP contribution in [0, 0.1) is 0 Å². The molecule has 0 aliphatic carbocycles. The van der Waals surface area contributed by atoms with Crippen LogP contribution in [0.25, 0.3) is 11.2 Å². The second-order valence-electron chi connectivity index (χ2n) is 6.07. The van der Waals surface area contributed by atoms with Gasteiger partial charge in [0, 0.05) is 12.2 Å². The molecule has 4 rings (SSSR count). The summed E-state index contributed by atoms with van der Waals surface area (Å²) < 4.78 is 18.5. The van der Waals surface area contributed by atoms with Gasteiger partial charge in [-0.2, -0.15) is 0 Å². The fourth-order valence-electron chi connectivity index (χ4n) is 3.00. The molecule has 0 bridgehead atoms. The fraction of sp³-hybridized carbons (Fsp3) is 0.294. The van der Waals surface area contributed by atoms with Crippen LogP contribution in [0.5, 0.6) is 5.75 Å². The van der Waals surface area contributed by atoms with Crippen LogP contribution in [0.2, 0.25) is 0 Å². The van der Waals surface area contributed by atoms with Crippen LogP contribution in [-0.2, 0) is 9.47 Å². The summed E-state index contributed by atoms with van der Waals surface area (Å²) in [6.45, 7) is -0.409. The van der Waals surface area contributed by atoms with Crippen molar-refractivity contribution in [2.45, 2.75) is 24.5 Å². The molecule has 10 nitrogen and oxygen atoms in total. The Morgan fingerprint density at radius 3 is 2.79 bits per heavy atom. The molecule has 146 valence electrons. The number of hydrogen-bond acceptors (Lipinski definition) is 10. The Labute approximate surface area is 164 Å². The zero-order chi connectivity index (χ0) is 19.7. The molecular formula is C17H17N5O5S. The van der Waals surface area contributed by atoms with E-state index in [2.05, 4.69) is 15.0 Å². The molecule has 1 fully saturated rings. The zero-order valence-electron chi connectivity index (χ0n) is 14.5. The molecule has 4 atom stereocenters. The van der Waals surface area contributed by atoms with Gasteiger partial charge in [0.2, 0.25) is 0 Å². The van der Waals surface area contributed by atoms with Crippen molar-refractivity contribution in [3.8, 4) is 5.75 Å². The number of aliphatic hydroxyl groups excluding tert-OH is 2. The predicted molar refractivity (Wildman–Crippen MR) is 101 cm³/mol. The molecule has 1 aliphatic heterocycles. The lowest BCUT2D eigenvalue weighted by Gasteiger charge is -2.22. The summed E-state index contributed by atoms with van der Waals surface area (Å²) in [7, 11) is 0. The van der Waals surface area contributed by atoms with Gasteiger partial charge in [-0.1, -0.05) is 18.2 Å². The number of imidazole rings is 1. The lowest BCUT2D eigenvalue weighted by atomic mass is 10.1. The summed E-state index contributed by atoms with van der Waals surface area (Å²) in [4.78, 5) is 12.3. The van der Waals surface area contributed by atoms with Crippen molar-refractivity contribution in [1.29, 1.82) is 0 Å². The maximum absolute atomic E-state index is 10.5. The van der Waals surface area contributed by atoms with Crippen LogP contribution in [0.1, 0.15) is 6.23 Å². The van der Waals surface area contributed by atoms with Crippen molar-refractivity contribution >= 4 is 34.4 Å². The average molecular weight is 403 g/mol. The SMILES string of the molecule is Nc1ncnc2c1ncn2[C@@H]1O[C@H](CO)[C@@H](O)[C@H]1OC(=S)Oc1ccccc1. The number of nitrogens with two attached hydrogens (primary N) is 1. The Morgan fingerprint density at radius 1 is 1.25 bits per heavy atom. The number of nitrogens with zero attached hydrogens (tertiary/aromatic N) is 4. The number of thiocarbonyl (C=S) groups is 1. The monoisotopic (exact) mass is 403 g/mol. The Bertz CT molecular complexity index is 984. The molecule has 0 unspecified atom stereocenters. The minimum atomic E-state index is -1.16. The topological polar surface area (TPSA) is 138 Å². The van der Waals surface area contributed by atoms with Crippen molar-refractivity contribution in [3.05, 3.63) is 43.0 Å². The molecule has 0 spiro atoms. The molecule has 0 radical (unpaired) electrons. The third-order valence-electron chi connectivity index (χ3n) is 4.33. The van der Waals surface area contributed by atoms with E-state index < -0.39 is 31.1 Å². The number of ether oxygens (including phenoxy) is 3. The van der Waals surface area contributed by atoms with Crippen molar-refractivity contribution in [2.75, 3.05) is 12.3 Å². The minimum Gasteiger partial charge on any atom is -0.446 e. The Hall–Kier alpha value is -2.86. The molecule has 4 N–H and O–H groups in total. The number of anilines is 1. The Morgan fingerprint density at radius 2 is 2.04 bits per heavy atom. The Kier molecular flexibility index (Phi) is 5.05. The van der Waals surface area contributed by atoms with Gasteiger partial charge in [0.05, 0.1) is 12.9 Å². The molecule has 0 saturated carbocycles. The van der Waals surface area contributed by atoms with Crippen LogP contribution in [0.4, 0.5) is 5.82 Å². The molecule has 28 heavy (non-hydrogen) atoms. The first kappa shape index (κ1) is 18.5. The highest BCUT2D eigenvalue weighted by molar-refractivity contribution is 7.79. The summed E-state index contributed by atoms with van der Waals surface area (Å²) in [6, 6.07) is 8.85. The van der Waals surface area contributed by atoms with E-state index >= 15 is 0 Å². The number of aliphatic hydroxyl groups is 2. The first-order valence-corrected chi connectivity index (χ1v) is 8.80. The highest BCUT2D eigenvalue weighted by Crippen LogP contribution is 2.34. The highest BCUT2D eigenvalue weighted by Gasteiger charge is 2.47. The quantitative estimate of drug-likeness (QED) is 0.525. The lowest BCUT2D eigenvalue weighted by Crippen LogP contribution is -2.37. The Balaban J connectivity index is 1.61. The van der Waals surface area contributed by atoms with Gasteiger partial charge < -0.3 is 30.2 Å². The second-order valence-corrected chi connectivity index (χ2v) is 6.40. The first-order chi connectivity index (χ1) is 13.6. The number of hydrogen-bond donors (Lipinski definition) is 3. The third kappa shape index (κ3) is 3.36. The van der Waals surface area contributed by atoms with Crippen molar-refractivity contribution in [3.63, 3.8) is 0 Å². The molecule has 11 heteroatoms. The fourth-order valence-corrected chi connectivity index (χ4v) is 3.20. The van der Waals surface area contributed by atoms with E-state index in [1.807, 2.05) is 6.07 Å². The average Bonchev–Trinajstić information content (AvgIpc) is 3.25. The van der Waals surface area contributed by atoms with E-state index in [4.69, 9.17) is 32.2 Å². The van der Waals surface area contributed by atoms with Gasteiger partial charge >= 0.3 is 5.24 Å². The molecule has 0 amide bonds. The van der Waals surface area contributed by atoms with Crippen molar-refractivity contribution in [1.82, 2.24) is 19.5 Å². The van der Waals surface area contributed by atoms with Gasteiger partial charge in [-0.05, 0) is 12.1 Å². The summed E-state index contributed by atoms with van der Waals surface area (Å²) in [5, 5.41) is 19.9. The van der Waals surface area contributed by atoms with Crippen molar-refractivity contribution < 1.29 is 24.4 Å². The maximum atomic E-state index is 10.5. The van der Waals surface area contributed by atoms with E-state index in [-0.39, 0.29) is 11.1 Å². The van der Waals surface area contributed by atoms with E-state index in [9.17, 15) is 10.2 Å². The summed E-state index contributed by atoms with van der Waals surface area (Å²) in [5.74, 6) is 0.700. The van der Waals surface area contributed by atoms with Gasteiger partial charge in [0.25, 0.3) is 0 Å². The van der Waals surface area contributed by atoms with Crippen LogP contribution in [0.15, 0.2) is 43.0 Å². The molecule has 1 aliphatic rings. The predicted octanol–water partition coefficient (Wildman–Crippen LogP) is 0.408. The van der Waals surface area contributed by atoms with E-state index in [0.717, 1.165) is 0 Å². The molecule has 1 saturated heterocycles. The first-order valence-electron chi connectivity index (χ1n) is 8.39. The van der Waals surface area contributed by atoms with Crippen LogP contribution >= 0.6 is 12.2 Å². The number of nitrogen functional groups attached to an aromatic ring is 1. The van der Waals surface area contributed by atoms with Gasteiger partial charge in [-0.3, -0.25) is 4.57 Å². The lowest BCUT2D eigenvalue weighted by molar-refractivity contribution is -0.0507. The summed E-state index contributed by atoms with van der Waals surface area (Å²) >= 11 is 5.16. The molecule has 3 heterocycles. The smallest absolute Gasteiger partial charge is 0.358 e. The highest BCUT2D eigenvalue weighted by atomic mass is 32.1. The van der Waals surface area contributed by atoms with E-state index in [0.29, 0.717) is 16.9 Å². The largest absolute Gasteiger partial charge is 0.446 e. The summed E-state index contributed by atoms with van der Waals surface area (Å²) in [5.41, 5.74) is 6.60. The third-order valence-corrected chi connectivity index (χ3v) is 4.51. The normalized spacial score (nSPS) is 24.4. The molecule has 1 aromatic carbocycles. The second kappa shape index (κ2) is 7.64. The van der Waals surface area contributed by atoms with Gasteiger partial charge in [0.15, 0.2) is 23.8 Å². The number of rotatable bonds is 4.